The summed E-state index contributed by atoms with van der Waals surface area (Å²) in [5.74, 6) is 0.554. The molecule has 0 saturated heterocycles. The standard InChI is InChI=1S/C23H25N3O3S/c1-15(2)7-8-26-16(3)10-18(17(26)4)11-19(13-24)23(27)28-14-20-12-21(29-25-20)22-6-5-9-30-22/h5-6,9-12,15H,7-8,14H2,1-4H3/b19-11+. The second kappa shape index (κ2) is 9.59. The fourth-order valence-electron chi connectivity index (χ4n) is 3.13. The molecular weight excluding hydrogens is 398 g/mol. The summed E-state index contributed by atoms with van der Waals surface area (Å²) in [5, 5.41) is 15.3. The lowest BCUT2D eigenvalue weighted by Crippen LogP contribution is -2.07. The van der Waals surface area contributed by atoms with Gasteiger partial charge in [0.05, 0.1) is 4.88 Å². The van der Waals surface area contributed by atoms with Gasteiger partial charge in [0.15, 0.2) is 5.76 Å². The largest absolute Gasteiger partial charge is 0.455 e. The van der Waals surface area contributed by atoms with Crippen molar-refractivity contribution >= 4 is 23.4 Å². The van der Waals surface area contributed by atoms with E-state index in [1.807, 2.05) is 43.5 Å². The summed E-state index contributed by atoms with van der Waals surface area (Å²) in [6.07, 6.45) is 2.66. The fourth-order valence-corrected chi connectivity index (χ4v) is 3.80. The number of hydrogen-bond acceptors (Lipinski definition) is 6. The molecule has 0 bridgehead atoms. The summed E-state index contributed by atoms with van der Waals surface area (Å²) in [4.78, 5) is 13.4. The zero-order chi connectivity index (χ0) is 21.7. The molecule has 0 N–H and O–H groups in total. The third-order valence-electron chi connectivity index (χ3n) is 4.86. The van der Waals surface area contributed by atoms with Gasteiger partial charge in [-0.05, 0) is 55.3 Å². The molecule has 0 unspecified atom stereocenters. The number of carbonyl (C=O) groups is 1. The summed E-state index contributed by atoms with van der Waals surface area (Å²) in [5.41, 5.74) is 3.45. The molecule has 0 fully saturated rings. The lowest BCUT2D eigenvalue weighted by molar-refractivity contribution is -0.139. The maximum Gasteiger partial charge on any atom is 0.349 e. The van der Waals surface area contributed by atoms with Gasteiger partial charge in [0.25, 0.3) is 0 Å². The van der Waals surface area contributed by atoms with Crippen LogP contribution in [-0.4, -0.2) is 15.7 Å². The number of carbonyl (C=O) groups excluding carboxylic acids is 1. The van der Waals surface area contributed by atoms with Crippen molar-refractivity contribution in [3.8, 4) is 16.7 Å². The van der Waals surface area contributed by atoms with Crippen molar-refractivity contribution in [2.24, 2.45) is 5.92 Å². The Morgan fingerprint density at radius 2 is 2.20 bits per heavy atom. The summed E-state index contributed by atoms with van der Waals surface area (Å²) in [6, 6.07) is 9.53. The third kappa shape index (κ3) is 5.08. The highest BCUT2D eigenvalue weighted by Crippen LogP contribution is 2.25. The molecule has 0 radical (unpaired) electrons. The summed E-state index contributed by atoms with van der Waals surface area (Å²) >= 11 is 1.54. The first-order valence-corrected chi connectivity index (χ1v) is 10.7. The van der Waals surface area contributed by atoms with E-state index in [9.17, 15) is 10.1 Å². The van der Waals surface area contributed by atoms with Gasteiger partial charge in [0, 0.05) is 24.0 Å². The first-order chi connectivity index (χ1) is 14.4. The maximum atomic E-state index is 12.4. The lowest BCUT2D eigenvalue weighted by Gasteiger charge is -2.11. The SMILES string of the molecule is Cc1cc(/C=C(\C#N)C(=O)OCc2cc(-c3cccs3)on2)c(C)n1CCC(C)C. The number of aromatic nitrogens is 2. The monoisotopic (exact) mass is 423 g/mol. The van der Waals surface area contributed by atoms with Crippen LogP contribution in [-0.2, 0) is 22.7 Å². The zero-order valence-electron chi connectivity index (χ0n) is 17.6. The van der Waals surface area contributed by atoms with Crippen molar-refractivity contribution in [1.29, 1.82) is 5.26 Å². The van der Waals surface area contributed by atoms with Crippen LogP contribution in [0.5, 0.6) is 0 Å². The van der Waals surface area contributed by atoms with E-state index in [0.717, 1.165) is 34.8 Å². The Balaban J connectivity index is 1.68. The van der Waals surface area contributed by atoms with Gasteiger partial charge in [0.1, 0.15) is 23.9 Å². The third-order valence-corrected chi connectivity index (χ3v) is 5.74. The van der Waals surface area contributed by atoms with Gasteiger partial charge in [-0.2, -0.15) is 5.26 Å². The average Bonchev–Trinajstić information content (AvgIpc) is 3.44. The molecule has 0 aromatic carbocycles. The van der Waals surface area contributed by atoms with Crippen LogP contribution in [0.3, 0.4) is 0 Å². The molecule has 0 aliphatic heterocycles. The van der Waals surface area contributed by atoms with Gasteiger partial charge in [-0.3, -0.25) is 0 Å². The first-order valence-electron chi connectivity index (χ1n) is 9.84. The molecule has 156 valence electrons. The minimum Gasteiger partial charge on any atom is -0.455 e. The normalized spacial score (nSPS) is 11.7. The lowest BCUT2D eigenvalue weighted by atomic mass is 10.1. The molecule has 0 aliphatic rings. The number of aryl methyl sites for hydroxylation is 1. The van der Waals surface area contributed by atoms with E-state index in [0.29, 0.717) is 17.4 Å². The molecule has 0 spiro atoms. The Kier molecular flexibility index (Phi) is 6.91. The molecule has 30 heavy (non-hydrogen) atoms. The topological polar surface area (TPSA) is 81.1 Å². The summed E-state index contributed by atoms with van der Waals surface area (Å²) in [6.45, 7) is 9.27. The highest BCUT2D eigenvalue weighted by molar-refractivity contribution is 7.13. The number of esters is 1. The van der Waals surface area contributed by atoms with E-state index >= 15 is 0 Å². The minimum absolute atomic E-state index is 0.0407. The predicted molar refractivity (Wildman–Crippen MR) is 117 cm³/mol. The first kappa shape index (κ1) is 21.6. The molecule has 0 atom stereocenters. The Bertz CT molecular complexity index is 1080. The van der Waals surface area contributed by atoms with Crippen molar-refractivity contribution in [3.05, 3.63) is 57.9 Å². The molecule has 0 saturated carbocycles. The summed E-state index contributed by atoms with van der Waals surface area (Å²) in [7, 11) is 0. The minimum atomic E-state index is -0.676. The summed E-state index contributed by atoms with van der Waals surface area (Å²) < 4.78 is 12.8. The number of nitrogens with zero attached hydrogens (tertiary/aromatic N) is 3. The molecule has 3 heterocycles. The van der Waals surface area contributed by atoms with Crippen molar-refractivity contribution in [2.75, 3.05) is 0 Å². The molecule has 3 aromatic heterocycles. The van der Waals surface area contributed by atoms with Crippen LogP contribution in [0.2, 0.25) is 0 Å². The molecule has 0 amide bonds. The molecule has 3 aromatic rings. The Labute approximate surface area is 180 Å². The van der Waals surface area contributed by atoms with E-state index < -0.39 is 5.97 Å². The average molecular weight is 424 g/mol. The molecule has 0 aliphatic carbocycles. The Hall–Kier alpha value is -3.11. The maximum absolute atomic E-state index is 12.4. The van der Waals surface area contributed by atoms with Crippen molar-refractivity contribution < 1.29 is 14.1 Å². The quantitative estimate of drug-likeness (QED) is 0.271. The van der Waals surface area contributed by atoms with Crippen molar-refractivity contribution in [3.63, 3.8) is 0 Å². The van der Waals surface area contributed by atoms with E-state index in [4.69, 9.17) is 9.26 Å². The van der Waals surface area contributed by atoms with Gasteiger partial charge >= 0.3 is 5.97 Å². The molecular formula is C23H25N3O3S. The van der Waals surface area contributed by atoms with Crippen molar-refractivity contribution in [1.82, 2.24) is 9.72 Å². The molecule has 7 heteroatoms. The van der Waals surface area contributed by atoms with Gasteiger partial charge < -0.3 is 13.8 Å². The van der Waals surface area contributed by atoms with Crippen LogP contribution in [0.15, 0.2) is 39.7 Å². The van der Waals surface area contributed by atoms with Crippen LogP contribution < -0.4 is 0 Å². The molecule has 3 rings (SSSR count). The van der Waals surface area contributed by atoms with Gasteiger partial charge in [0.2, 0.25) is 0 Å². The number of rotatable bonds is 8. The van der Waals surface area contributed by atoms with E-state index in [-0.39, 0.29) is 12.2 Å². The van der Waals surface area contributed by atoms with Crippen molar-refractivity contribution in [2.45, 2.75) is 47.3 Å². The number of nitriles is 1. The second-order valence-corrected chi connectivity index (χ2v) is 8.51. The van der Waals surface area contributed by atoms with Gasteiger partial charge in [-0.25, -0.2) is 4.79 Å². The number of hydrogen-bond donors (Lipinski definition) is 0. The van der Waals surface area contributed by atoms with Crippen LogP contribution in [0.25, 0.3) is 16.7 Å². The highest BCUT2D eigenvalue weighted by atomic mass is 32.1. The zero-order valence-corrected chi connectivity index (χ0v) is 18.5. The van der Waals surface area contributed by atoms with Crippen LogP contribution >= 0.6 is 11.3 Å². The van der Waals surface area contributed by atoms with Crippen LogP contribution in [0, 0.1) is 31.1 Å². The van der Waals surface area contributed by atoms with Gasteiger partial charge in [-0.1, -0.05) is 25.1 Å². The van der Waals surface area contributed by atoms with Crippen LogP contribution in [0.1, 0.15) is 42.9 Å². The smallest absolute Gasteiger partial charge is 0.349 e. The van der Waals surface area contributed by atoms with Gasteiger partial charge in [-0.15, -0.1) is 11.3 Å². The number of thiophene rings is 1. The predicted octanol–water partition coefficient (Wildman–Crippen LogP) is 5.52. The van der Waals surface area contributed by atoms with E-state index in [2.05, 4.69) is 23.6 Å². The van der Waals surface area contributed by atoms with E-state index in [1.165, 1.54) is 11.3 Å². The molecule has 6 nitrogen and oxygen atoms in total. The highest BCUT2D eigenvalue weighted by Gasteiger charge is 2.16. The van der Waals surface area contributed by atoms with Crippen LogP contribution in [0.4, 0.5) is 0 Å². The Morgan fingerprint density at radius 1 is 1.40 bits per heavy atom. The van der Waals surface area contributed by atoms with E-state index in [1.54, 1.807) is 12.1 Å². The Morgan fingerprint density at radius 3 is 2.87 bits per heavy atom. The fraction of sp³-hybridized carbons (Fsp3) is 0.348. The second-order valence-electron chi connectivity index (χ2n) is 7.57. The number of ether oxygens (including phenoxy) is 1.